The summed E-state index contributed by atoms with van der Waals surface area (Å²) in [5.74, 6) is 1.87. The number of carbonyl (C=O) groups is 1. The normalized spacial score (nSPS) is 12.0. The van der Waals surface area contributed by atoms with Crippen LogP contribution in [0.4, 0.5) is 5.69 Å². The van der Waals surface area contributed by atoms with Crippen LogP contribution in [0, 0.1) is 6.92 Å². The molecule has 8 heteroatoms. The number of aromatic nitrogens is 2. The molecular weight excluding hydrogens is 360 g/mol. The maximum Gasteiger partial charge on any atom is 0.283 e. The van der Waals surface area contributed by atoms with E-state index < -0.39 is 0 Å². The SMILES string of the molecule is CCC[NH+](CC(=O)Nc1cc(C)ccc1OC)Cc1nnc(-c2ccco2)o1. The predicted octanol–water partition coefficient (Wildman–Crippen LogP) is 2.08. The van der Waals surface area contributed by atoms with Gasteiger partial charge in [0.2, 0.25) is 0 Å². The van der Waals surface area contributed by atoms with E-state index in [1.807, 2.05) is 25.1 Å². The summed E-state index contributed by atoms with van der Waals surface area (Å²) < 4.78 is 16.3. The Hall–Kier alpha value is -3.13. The van der Waals surface area contributed by atoms with Crippen LogP contribution in [0.15, 0.2) is 45.4 Å². The largest absolute Gasteiger partial charge is 0.495 e. The molecule has 2 heterocycles. The van der Waals surface area contributed by atoms with Crippen molar-refractivity contribution in [3.63, 3.8) is 0 Å². The number of nitrogens with one attached hydrogen (secondary N) is 2. The molecule has 2 N–H and O–H groups in total. The van der Waals surface area contributed by atoms with Gasteiger partial charge in [-0.15, -0.1) is 10.2 Å². The Morgan fingerprint density at radius 3 is 2.86 bits per heavy atom. The molecule has 0 aliphatic carbocycles. The van der Waals surface area contributed by atoms with Crippen molar-refractivity contribution >= 4 is 11.6 Å². The van der Waals surface area contributed by atoms with Crippen LogP contribution in [-0.2, 0) is 11.3 Å². The van der Waals surface area contributed by atoms with Gasteiger partial charge in [-0.3, -0.25) is 4.79 Å². The molecule has 8 nitrogen and oxygen atoms in total. The van der Waals surface area contributed by atoms with Gasteiger partial charge in [-0.2, -0.15) is 0 Å². The zero-order valence-electron chi connectivity index (χ0n) is 16.3. The second-order valence-corrected chi connectivity index (χ2v) is 6.58. The molecule has 1 amide bonds. The summed E-state index contributed by atoms with van der Waals surface area (Å²) in [7, 11) is 1.58. The third kappa shape index (κ3) is 4.98. The molecule has 0 aliphatic rings. The van der Waals surface area contributed by atoms with Crippen molar-refractivity contribution < 1.29 is 23.3 Å². The fourth-order valence-electron chi connectivity index (χ4n) is 2.97. The van der Waals surface area contributed by atoms with E-state index in [-0.39, 0.29) is 12.5 Å². The Morgan fingerprint density at radius 1 is 1.29 bits per heavy atom. The maximum atomic E-state index is 12.6. The Labute approximate surface area is 163 Å². The lowest BCUT2D eigenvalue weighted by molar-refractivity contribution is -0.907. The van der Waals surface area contributed by atoms with Crippen molar-refractivity contribution in [2.45, 2.75) is 26.8 Å². The van der Waals surface area contributed by atoms with E-state index in [4.69, 9.17) is 13.6 Å². The quantitative estimate of drug-likeness (QED) is 0.586. The zero-order chi connectivity index (χ0) is 19.9. The van der Waals surface area contributed by atoms with Crippen LogP contribution in [0.1, 0.15) is 24.8 Å². The van der Waals surface area contributed by atoms with Crippen molar-refractivity contribution in [3.8, 4) is 17.4 Å². The smallest absolute Gasteiger partial charge is 0.283 e. The molecule has 2 aromatic heterocycles. The van der Waals surface area contributed by atoms with Crippen LogP contribution >= 0.6 is 0 Å². The lowest BCUT2D eigenvalue weighted by atomic mass is 10.2. The summed E-state index contributed by atoms with van der Waals surface area (Å²) >= 11 is 0. The van der Waals surface area contributed by atoms with Crippen LogP contribution in [0.3, 0.4) is 0 Å². The standard InChI is InChI=1S/C20H24N4O4/c1-4-9-24(13-19-22-23-20(28-19)17-6-5-10-27-17)12-18(25)21-15-11-14(2)7-8-16(15)26-3/h5-8,10-11H,4,9,12-13H2,1-3H3,(H,21,25)/p+1. The maximum absolute atomic E-state index is 12.6. The number of furan rings is 1. The summed E-state index contributed by atoms with van der Waals surface area (Å²) in [4.78, 5) is 13.6. The lowest BCUT2D eigenvalue weighted by Crippen LogP contribution is -3.11. The highest BCUT2D eigenvalue weighted by molar-refractivity contribution is 5.93. The van der Waals surface area contributed by atoms with Crippen molar-refractivity contribution in [2.75, 3.05) is 25.5 Å². The topological polar surface area (TPSA) is 94.8 Å². The van der Waals surface area contributed by atoms with Crippen LogP contribution in [0.2, 0.25) is 0 Å². The molecule has 0 aliphatic heterocycles. The number of hydrogen-bond acceptors (Lipinski definition) is 6. The Kier molecular flexibility index (Phi) is 6.44. The second kappa shape index (κ2) is 9.18. The Morgan fingerprint density at radius 2 is 2.14 bits per heavy atom. The molecule has 1 unspecified atom stereocenters. The Balaban J connectivity index is 1.64. The van der Waals surface area contributed by atoms with E-state index in [1.54, 1.807) is 25.5 Å². The predicted molar refractivity (Wildman–Crippen MR) is 103 cm³/mol. The van der Waals surface area contributed by atoms with Crippen LogP contribution in [0.25, 0.3) is 11.7 Å². The number of rotatable bonds is 9. The third-order valence-corrected chi connectivity index (χ3v) is 4.24. The summed E-state index contributed by atoms with van der Waals surface area (Å²) in [5.41, 5.74) is 1.71. The summed E-state index contributed by atoms with van der Waals surface area (Å²) in [6, 6.07) is 9.20. The van der Waals surface area contributed by atoms with E-state index in [1.165, 1.54) is 0 Å². The van der Waals surface area contributed by atoms with E-state index in [9.17, 15) is 4.79 Å². The summed E-state index contributed by atoms with van der Waals surface area (Å²) in [6.07, 6.45) is 2.48. The number of ether oxygens (including phenoxy) is 1. The van der Waals surface area contributed by atoms with E-state index in [2.05, 4.69) is 22.4 Å². The van der Waals surface area contributed by atoms with Crippen LogP contribution < -0.4 is 15.0 Å². The number of quaternary nitrogens is 1. The van der Waals surface area contributed by atoms with Gasteiger partial charge in [-0.25, -0.2) is 0 Å². The minimum absolute atomic E-state index is 0.0990. The molecule has 0 saturated heterocycles. The van der Waals surface area contributed by atoms with Gasteiger partial charge in [0, 0.05) is 0 Å². The molecule has 28 heavy (non-hydrogen) atoms. The van der Waals surface area contributed by atoms with Gasteiger partial charge in [-0.1, -0.05) is 13.0 Å². The number of aryl methyl sites for hydroxylation is 1. The van der Waals surface area contributed by atoms with Gasteiger partial charge in [-0.05, 0) is 43.2 Å². The van der Waals surface area contributed by atoms with Crippen LogP contribution in [-0.4, -0.2) is 36.3 Å². The molecule has 3 rings (SSSR count). The number of anilines is 1. The van der Waals surface area contributed by atoms with E-state index in [0.717, 1.165) is 23.4 Å². The van der Waals surface area contributed by atoms with E-state index >= 15 is 0 Å². The fraction of sp³-hybridized carbons (Fsp3) is 0.350. The first-order chi connectivity index (χ1) is 13.6. The van der Waals surface area contributed by atoms with Crippen molar-refractivity contribution in [2.24, 2.45) is 0 Å². The zero-order valence-corrected chi connectivity index (χ0v) is 16.3. The van der Waals surface area contributed by atoms with Gasteiger partial charge < -0.3 is 23.8 Å². The van der Waals surface area contributed by atoms with Crippen molar-refractivity contribution in [1.82, 2.24) is 10.2 Å². The summed E-state index contributed by atoms with van der Waals surface area (Å²) in [5, 5.41) is 11.0. The molecule has 148 valence electrons. The van der Waals surface area contributed by atoms with Crippen molar-refractivity contribution in [3.05, 3.63) is 48.0 Å². The molecule has 3 aromatic rings. The highest BCUT2D eigenvalue weighted by Crippen LogP contribution is 2.24. The second-order valence-electron chi connectivity index (χ2n) is 6.58. The lowest BCUT2D eigenvalue weighted by Gasteiger charge is -2.17. The fourth-order valence-corrected chi connectivity index (χ4v) is 2.97. The van der Waals surface area contributed by atoms with Gasteiger partial charge >= 0.3 is 0 Å². The molecule has 0 spiro atoms. The number of methoxy groups -OCH3 is 1. The van der Waals surface area contributed by atoms with Gasteiger partial charge in [0.15, 0.2) is 18.8 Å². The number of amides is 1. The minimum Gasteiger partial charge on any atom is -0.495 e. The monoisotopic (exact) mass is 385 g/mol. The molecule has 1 aromatic carbocycles. The van der Waals surface area contributed by atoms with E-state index in [0.29, 0.717) is 35.5 Å². The summed E-state index contributed by atoms with van der Waals surface area (Å²) in [6.45, 7) is 5.58. The number of nitrogens with zero attached hydrogens (tertiary/aromatic N) is 2. The molecule has 0 bridgehead atoms. The molecule has 1 atom stereocenters. The van der Waals surface area contributed by atoms with Crippen LogP contribution in [0.5, 0.6) is 5.75 Å². The molecule has 0 radical (unpaired) electrons. The average Bonchev–Trinajstić information content (AvgIpc) is 3.33. The third-order valence-electron chi connectivity index (χ3n) is 4.24. The molecular formula is C20H25N4O4+. The average molecular weight is 385 g/mol. The van der Waals surface area contributed by atoms with Gasteiger partial charge in [0.05, 0.1) is 25.6 Å². The Bertz CT molecular complexity index is 905. The van der Waals surface area contributed by atoms with Gasteiger partial charge in [0.25, 0.3) is 17.7 Å². The number of benzene rings is 1. The first-order valence-electron chi connectivity index (χ1n) is 9.23. The molecule has 0 fully saturated rings. The van der Waals surface area contributed by atoms with Gasteiger partial charge in [0.1, 0.15) is 5.75 Å². The van der Waals surface area contributed by atoms with Crippen molar-refractivity contribution in [1.29, 1.82) is 0 Å². The molecule has 0 saturated carbocycles. The number of hydrogen-bond donors (Lipinski definition) is 2. The highest BCUT2D eigenvalue weighted by atomic mass is 16.5. The number of carbonyl (C=O) groups excluding carboxylic acids is 1. The minimum atomic E-state index is -0.0990. The first-order valence-corrected chi connectivity index (χ1v) is 9.23. The first kappa shape index (κ1) is 19.6. The highest BCUT2D eigenvalue weighted by Gasteiger charge is 2.20.